The van der Waals surface area contributed by atoms with Crippen LogP contribution in [0.2, 0.25) is 0 Å². The van der Waals surface area contributed by atoms with Crippen LogP contribution in [0.1, 0.15) is 37.3 Å². The van der Waals surface area contributed by atoms with Gasteiger partial charge >= 0.3 is 6.18 Å². The van der Waals surface area contributed by atoms with Crippen molar-refractivity contribution in [2.24, 2.45) is 0 Å². The van der Waals surface area contributed by atoms with Crippen molar-refractivity contribution in [2.45, 2.75) is 32.4 Å². The largest absolute Gasteiger partial charge is 0.493 e. The minimum Gasteiger partial charge on any atom is -0.493 e. The molecule has 1 aromatic carbocycles. The van der Waals surface area contributed by atoms with E-state index >= 15 is 0 Å². The van der Waals surface area contributed by atoms with Crippen molar-refractivity contribution >= 4 is 17.2 Å². The van der Waals surface area contributed by atoms with Gasteiger partial charge in [-0.25, -0.2) is 5.43 Å². The second kappa shape index (κ2) is 10.5. The number of hydrogen-bond acceptors (Lipinski definition) is 4. The van der Waals surface area contributed by atoms with Crippen LogP contribution in [0.3, 0.4) is 0 Å². The number of alkyl halides is 3. The van der Waals surface area contributed by atoms with Crippen LogP contribution >= 0.6 is 12.2 Å². The predicted molar refractivity (Wildman–Crippen MR) is 91.2 cm³/mol. The van der Waals surface area contributed by atoms with Crippen molar-refractivity contribution in [3.05, 3.63) is 29.3 Å². The van der Waals surface area contributed by atoms with Crippen LogP contribution in [0.15, 0.2) is 18.2 Å². The molecule has 0 aliphatic rings. The molecule has 0 amide bonds. The van der Waals surface area contributed by atoms with E-state index in [1.54, 1.807) is 7.05 Å². The summed E-state index contributed by atoms with van der Waals surface area (Å²) >= 11 is 5.01. The SMILES string of the molecule is CCCOCCCCOc1ccc(C(=S)NNC)cc1C(F)(F)F. The Balaban J connectivity index is 2.67. The first kappa shape index (κ1) is 20.7. The average molecular weight is 364 g/mol. The van der Waals surface area contributed by atoms with Crippen LogP contribution in [-0.2, 0) is 10.9 Å². The summed E-state index contributed by atoms with van der Waals surface area (Å²) in [5, 5.41) is 0. The normalized spacial score (nSPS) is 11.4. The van der Waals surface area contributed by atoms with Crippen molar-refractivity contribution in [2.75, 3.05) is 26.9 Å². The minimum absolute atomic E-state index is 0.183. The van der Waals surface area contributed by atoms with Gasteiger partial charge in [-0.2, -0.15) is 13.2 Å². The number of benzene rings is 1. The Morgan fingerprint density at radius 1 is 1.17 bits per heavy atom. The van der Waals surface area contributed by atoms with Gasteiger partial charge < -0.3 is 14.9 Å². The molecule has 0 saturated carbocycles. The van der Waals surface area contributed by atoms with Crippen LogP contribution in [0.25, 0.3) is 0 Å². The topological polar surface area (TPSA) is 42.5 Å². The van der Waals surface area contributed by atoms with E-state index in [0.29, 0.717) is 19.6 Å². The first-order valence-corrected chi connectivity index (χ1v) is 8.19. The van der Waals surface area contributed by atoms with Crippen LogP contribution < -0.4 is 15.6 Å². The van der Waals surface area contributed by atoms with Gasteiger partial charge in [-0.1, -0.05) is 19.1 Å². The van der Waals surface area contributed by atoms with Crippen molar-refractivity contribution in [3.63, 3.8) is 0 Å². The molecule has 1 aromatic rings. The standard InChI is InChI=1S/C16H23F3N2O2S/c1-3-8-22-9-4-5-10-23-14-7-6-12(15(24)21-20-2)11-13(14)16(17,18)19/h6-7,11,20H,3-5,8-10H2,1-2H3,(H,21,24). The van der Waals surface area contributed by atoms with Gasteiger partial charge in [0.2, 0.25) is 0 Å². The van der Waals surface area contributed by atoms with E-state index in [1.165, 1.54) is 12.1 Å². The van der Waals surface area contributed by atoms with E-state index < -0.39 is 11.7 Å². The molecule has 0 radical (unpaired) electrons. The third kappa shape index (κ3) is 7.02. The van der Waals surface area contributed by atoms with E-state index in [2.05, 4.69) is 10.9 Å². The zero-order valence-corrected chi connectivity index (χ0v) is 14.6. The van der Waals surface area contributed by atoms with Crippen molar-refractivity contribution in [3.8, 4) is 5.75 Å². The molecular formula is C16H23F3N2O2S. The number of hydrogen-bond donors (Lipinski definition) is 2. The number of hydrazine groups is 1. The van der Waals surface area contributed by atoms with Gasteiger partial charge in [0.1, 0.15) is 10.7 Å². The number of halogens is 3. The van der Waals surface area contributed by atoms with E-state index in [1.807, 2.05) is 6.92 Å². The summed E-state index contributed by atoms with van der Waals surface area (Å²) in [6, 6.07) is 3.79. The first-order valence-electron chi connectivity index (χ1n) is 7.79. The fraction of sp³-hybridized carbons (Fsp3) is 0.562. The maximum absolute atomic E-state index is 13.2. The second-order valence-corrected chi connectivity index (χ2v) is 5.49. The van der Waals surface area contributed by atoms with Gasteiger partial charge in [-0.3, -0.25) is 0 Å². The predicted octanol–water partition coefficient (Wildman–Crippen LogP) is 3.69. The Kier molecular flexibility index (Phi) is 9.02. The molecule has 136 valence electrons. The summed E-state index contributed by atoms with van der Waals surface area (Å²) in [5.74, 6) is -0.187. The molecule has 0 bridgehead atoms. The van der Waals surface area contributed by atoms with Gasteiger partial charge in [-0.05, 0) is 37.5 Å². The van der Waals surface area contributed by atoms with Gasteiger partial charge in [0.15, 0.2) is 0 Å². The molecule has 0 spiro atoms. The Morgan fingerprint density at radius 2 is 1.88 bits per heavy atom. The maximum atomic E-state index is 13.2. The van der Waals surface area contributed by atoms with Crippen molar-refractivity contribution in [1.29, 1.82) is 0 Å². The lowest BCUT2D eigenvalue weighted by Gasteiger charge is -2.16. The number of unbranched alkanes of at least 4 members (excludes halogenated alkanes) is 1. The van der Waals surface area contributed by atoms with Gasteiger partial charge in [0.25, 0.3) is 0 Å². The fourth-order valence-electron chi connectivity index (χ4n) is 1.94. The fourth-order valence-corrected chi connectivity index (χ4v) is 2.17. The first-order chi connectivity index (χ1) is 11.4. The van der Waals surface area contributed by atoms with Crippen molar-refractivity contribution in [1.82, 2.24) is 10.9 Å². The summed E-state index contributed by atoms with van der Waals surface area (Å²) in [7, 11) is 1.58. The molecule has 0 unspecified atom stereocenters. The van der Waals surface area contributed by atoms with E-state index in [0.717, 1.165) is 18.9 Å². The minimum atomic E-state index is -4.51. The zero-order chi connectivity index (χ0) is 18.0. The molecule has 2 N–H and O–H groups in total. The Hall–Kier alpha value is -1.38. The van der Waals surface area contributed by atoms with Crippen LogP contribution in [-0.4, -0.2) is 31.9 Å². The number of thiocarbonyl (C=S) groups is 1. The lowest BCUT2D eigenvalue weighted by molar-refractivity contribution is -0.139. The quantitative estimate of drug-likeness (QED) is 0.377. The monoisotopic (exact) mass is 364 g/mol. The summed E-state index contributed by atoms with van der Waals surface area (Å²) in [4.78, 5) is 0.183. The van der Waals surface area contributed by atoms with Crippen LogP contribution in [0, 0.1) is 0 Å². The molecule has 0 saturated heterocycles. The molecule has 1 rings (SSSR count). The lowest BCUT2D eigenvalue weighted by Crippen LogP contribution is -2.33. The Labute approximate surface area is 145 Å². The smallest absolute Gasteiger partial charge is 0.419 e. The van der Waals surface area contributed by atoms with Gasteiger partial charge in [0.05, 0.1) is 12.2 Å². The van der Waals surface area contributed by atoms with Gasteiger partial charge in [0, 0.05) is 25.8 Å². The van der Waals surface area contributed by atoms with E-state index in [9.17, 15) is 13.2 Å². The highest BCUT2D eigenvalue weighted by Crippen LogP contribution is 2.37. The zero-order valence-electron chi connectivity index (χ0n) is 13.8. The second-order valence-electron chi connectivity index (χ2n) is 5.08. The molecule has 24 heavy (non-hydrogen) atoms. The molecule has 0 aliphatic heterocycles. The molecule has 0 atom stereocenters. The van der Waals surface area contributed by atoms with E-state index in [-0.39, 0.29) is 22.9 Å². The summed E-state index contributed by atoms with van der Waals surface area (Å²) in [5.41, 5.74) is 4.62. The highest BCUT2D eigenvalue weighted by atomic mass is 32.1. The highest BCUT2D eigenvalue weighted by molar-refractivity contribution is 7.80. The molecule has 0 heterocycles. The molecule has 0 fully saturated rings. The Morgan fingerprint density at radius 3 is 2.50 bits per heavy atom. The molecule has 4 nitrogen and oxygen atoms in total. The molecule has 8 heteroatoms. The summed E-state index contributed by atoms with van der Waals surface area (Å²) in [6.45, 7) is 3.51. The number of nitrogens with one attached hydrogen (secondary N) is 2. The third-order valence-corrected chi connectivity index (χ3v) is 3.41. The summed E-state index contributed by atoms with van der Waals surface area (Å²) in [6.07, 6.45) is -2.19. The third-order valence-electron chi connectivity index (χ3n) is 3.07. The number of rotatable bonds is 10. The van der Waals surface area contributed by atoms with E-state index in [4.69, 9.17) is 21.7 Å². The average Bonchev–Trinajstić information content (AvgIpc) is 2.53. The molecule has 0 aliphatic carbocycles. The van der Waals surface area contributed by atoms with Crippen LogP contribution in [0.4, 0.5) is 13.2 Å². The maximum Gasteiger partial charge on any atom is 0.419 e. The number of ether oxygens (including phenoxy) is 2. The highest BCUT2D eigenvalue weighted by Gasteiger charge is 2.35. The van der Waals surface area contributed by atoms with Gasteiger partial charge in [-0.15, -0.1) is 0 Å². The van der Waals surface area contributed by atoms with Crippen molar-refractivity contribution < 1.29 is 22.6 Å². The molecule has 0 aromatic heterocycles. The lowest BCUT2D eigenvalue weighted by atomic mass is 10.1. The van der Waals surface area contributed by atoms with Crippen LogP contribution in [0.5, 0.6) is 5.75 Å². The summed E-state index contributed by atoms with van der Waals surface area (Å²) < 4.78 is 50.3. The molecular weight excluding hydrogens is 341 g/mol. The Bertz CT molecular complexity index is 525.